The van der Waals surface area contributed by atoms with Gasteiger partial charge in [-0.25, -0.2) is 0 Å². The lowest BCUT2D eigenvalue weighted by molar-refractivity contribution is 0.459. The molecule has 99 heavy (non-hydrogen) atoms. The van der Waals surface area contributed by atoms with Crippen LogP contribution in [0.2, 0.25) is 109 Å². The lowest BCUT2D eigenvalue weighted by atomic mass is 9.28. The van der Waals surface area contributed by atoms with E-state index in [2.05, 4.69) is 97.2 Å². The van der Waals surface area contributed by atoms with Crippen LogP contribution < -0.4 is 0 Å². The van der Waals surface area contributed by atoms with E-state index in [9.17, 15) is 0 Å². The van der Waals surface area contributed by atoms with E-state index in [1.807, 2.05) is 0 Å². The Labute approximate surface area is 629 Å². The summed E-state index contributed by atoms with van der Waals surface area (Å²) in [6.07, 6.45) is 102. The molecular formula is C92H176B6Si. The maximum Gasteiger partial charge on any atom is 0.230 e. The molecule has 10 rings (SSSR count). The van der Waals surface area contributed by atoms with E-state index in [0.29, 0.717) is 6.71 Å². The number of hydrogen-bond donors (Lipinski definition) is 0. The minimum absolute atomic E-state index is 0.677. The van der Waals surface area contributed by atoms with Crippen LogP contribution in [0.5, 0.6) is 0 Å². The zero-order valence-electron chi connectivity index (χ0n) is 69.6. The molecule has 10 aliphatic carbocycles. The van der Waals surface area contributed by atoms with Gasteiger partial charge in [0.2, 0.25) is 6.71 Å². The first-order chi connectivity index (χ1) is 48.6. The predicted octanol–water partition coefficient (Wildman–Crippen LogP) is 33.3. The van der Waals surface area contributed by atoms with E-state index in [4.69, 9.17) is 0 Å². The zero-order chi connectivity index (χ0) is 70.6. The van der Waals surface area contributed by atoms with E-state index in [1.165, 1.54) is 340 Å². The van der Waals surface area contributed by atoms with E-state index in [0.717, 1.165) is 91.7 Å². The van der Waals surface area contributed by atoms with Crippen molar-refractivity contribution in [1.29, 1.82) is 0 Å². The highest BCUT2D eigenvalue weighted by molar-refractivity contribution is 6.85. The molecule has 0 amide bonds. The second-order valence-electron chi connectivity index (χ2n) is 37.5. The minimum Gasteiger partial charge on any atom is -0.162 e. The van der Waals surface area contributed by atoms with Gasteiger partial charge in [-0.2, -0.15) is 5.82 Å². The molecule has 0 aromatic rings. The molecule has 10 fully saturated rings. The highest BCUT2D eigenvalue weighted by atomic mass is 28.3. The van der Waals surface area contributed by atoms with Crippen LogP contribution >= 0.6 is 0 Å². The Morgan fingerprint density at radius 1 is 0.293 bits per heavy atom. The summed E-state index contributed by atoms with van der Waals surface area (Å²) in [5.41, 5.74) is 3.53. The van der Waals surface area contributed by atoms with Gasteiger partial charge in [0.05, 0.1) is 0 Å². The van der Waals surface area contributed by atoms with Crippen LogP contribution in [0.4, 0.5) is 0 Å². The lowest BCUT2D eigenvalue weighted by Gasteiger charge is -2.35. The standard InChI is InChI=1S/C18H33B.C17H33B.C16H31B.C14H27B.C14H25B.C13H27BSi/c1-2-3-4-11-16-19(17-12-7-5-8-13-17)18-14-9-6-10-15-18;1-2-3-10-15-18(16-11-6-4-7-12-16)17-13-8-5-9-14-17;1-2-3-14-17(15-10-6-4-7-11-15)16-12-8-5-9-13-16;2*1-2-15(13-9-5-3-6-10-13)14-11-7-4-8-12-14;1-6-8-10-14(11-9-7-2)12-13-15(3,4)5/h11,16-18H,2-10,12-15H2,1H3;16-17H,2-15H2,1H3;15-16H,2-14H2,1H3;13-14H,2-12H2,1H3;2,13-14H,1,3-12H2;6-11H2,1-5H3/b16-11+;;;;;. The number of allylic oxidation sites excluding steroid dienone is 1. The molecule has 0 nitrogen and oxygen atoms in total. The number of rotatable bonds is 29. The fourth-order valence-corrected chi connectivity index (χ4v) is 23.5. The molecule has 0 atom stereocenters. The van der Waals surface area contributed by atoms with E-state index in [-0.39, 0.29) is 0 Å². The Bertz CT molecular complexity index is 1810. The quantitative estimate of drug-likeness (QED) is 0.0398. The molecule has 0 spiro atoms. The Balaban J connectivity index is 0.000000215. The van der Waals surface area contributed by atoms with Crippen LogP contribution in [0.15, 0.2) is 24.6 Å². The molecule has 0 bridgehead atoms. The first kappa shape index (κ1) is 89.3. The Morgan fingerprint density at radius 2 is 0.545 bits per heavy atom. The van der Waals surface area contributed by atoms with Crippen LogP contribution in [-0.2, 0) is 0 Å². The third-order valence-corrected chi connectivity index (χ3v) is 29.5. The second-order valence-corrected chi connectivity index (χ2v) is 42.2. The monoisotopic (exact) mass is 1380 g/mol. The van der Waals surface area contributed by atoms with Crippen LogP contribution in [-0.4, -0.2) is 48.4 Å². The van der Waals surface area contributed by atoms with Gasteiger partial charge in [-0.05, 0) is 6.42 Å². The summed E-state index contributed by atoms with van der Waals surface area (Å²) in [6.45, 7) is 30.8. The molecule has 10 aliphatic rings. The fourth-order valence-electron chi connectivity index (χ4n) is 22.8. The summed E-state index contributed by atoms with van der Waals surface area (Å²) >= 11 is 0. The molecule has 0 aliphatic heterocycles. The summed E-state index contributed by atoms with van der Waals surface area (Å²) in [4.78, 5) is 0. The smallest absolute Gasteiger partial charge is 0.162 e. The molecule has 566 valence electrons. The van der Waals surface area contributed by atoms with Gasteiger partial charge >= 0.3 is 0 Å². The molecule has 10 saturated carbocycles. The van der Waals surface area contributed by atoms with E-state index >= 15 is 0 Å². The Morgan fingerprint density at radius 3 is 0.808 bits per heavy atom. The average Bonchev–Trinajstić information content (AvgIpc) is 0.941. The van der Waals surface area contributed by atoms with Crippen molar-refractivity contribution in [2.45, 2.75) is 549 Å². The summed E-state index contributed by atoms with van der Waals surface area (Å²) in [7, 11) is -1.16. The SMILES string of the molecule is C=CB(C1CCCCC1)C1CCCCC1.CCB(C1CCCCC1)C1CCCCC1.CCCC/C=C/B(C1CCCCC1)C1CCCCC1.CCCCB(C#C[Si](C)(C)C)CCCC.CCCCB(C1CCCCC1)C1CCCCC1.CCCCCB(C1CCCCC1)C1CCCCC1. The van der Waals surface area contributed by atoms with Crippen molar-refractivity contribution in [3.8, 4) is 11.4 Å². The molecule has 0 unspecified atom stereocenters. The molecule has 0 aromatic heterocycles. The number of unbranched alkanes of at least 4 members (excludes halogenated alkanes) is 7. The van der Waals surface area contributed by atoms with Gasteiger partial charge in [0.15, 0.2) is 13.4 Å². The summed E-state index contributed by atoms with van der Waals surface area (Å²) < 4.78 is 0. The van der Waals surface area contributed by atoms with E-state index in [1.54, 1.807) is 89.7 Å². The fraction of sp³-hybridized carbons (Fsp3) is 0.935. The van der Waals surface area contributed by atoms with Crippen LogP contribution in [0.25, 0.3) is 0 Å². The van der Waals surface area contributed by atoms with Crippen molar-refractivity contribution in [1.82, 2.24) is 0 Å². The Hall–Kier alpha value is -0.354. The first-order valence-electron chi connectivity index (χ1n) is 47.4. The average molecular weight is 1380 g/mol. The highest BCUT2D eigenvalue weighted by Crippen LogP contribution is 2.48. The molecule has 0 aromatic carbocycles. The van der Waals surface area contributed by atoms with Crippen molar-refractivity contribution in [2.75, 3.05) is 0 Å². The maximum absolute atomic E-state index is 4.11. The largest absolute Gasteiger partial charge is 0.230 e. The topological polar surface area (TPSA) is 0 Å². The van der Waals surface area contributed by atoms with Crippen LogP contribution in [0.1, 0.15) is 440 Å². The van der Waals surface area contributed by atoms with Crippen LogP contribution in [0, 0.1) is 11.4 Å². The van der Waals surface area contributed by atoms with Gasteiger partial charge in [0.1, 0.15) is 28.2 Å². The van der Waals surface area contributed by atoms with Crippen molar-refractivity contribution in [3.05, 3.63) is 24.6 Å². The predicted molar refractivity (Wildman–Crippen MR) is 467 cm³/mol. The molecule has 0 N–H and O–H groups in total. The molecule has 0 heterocycles. The second kappa shape index (κ2) is 57.8. The van der Waals surface area contributed by atoms with Crippen molar-refractivity contribution >= 4 is 48.4 Å². The minimum atomic E-state index is -1.16. The molecule has 7 heteroatoms. The maximum atomic E-state index is 4.11. The summed E-state index contributed by atoms with van der Waals surface area (Å²) in [6, 6.07) is 0. The van der Waals surface area contributed by atoms with Crippen molar-refractivity contribution < 1.29 is 0 Å². The lowest BCUT2D eigenvalue weighted by Crippen LogP contribution is -2.30. The summed E-state index contributed by atoms with van der Waals surface area (Å²) in [5.74, 6) is 19.2. The van der Waals surface area contributed by atoms with Crippen molar-refractivity contribution in [3.63, 3.8) is 0 Å². The third-order valence-electron chi connectivity index (χ3n) is 28.6. The van der Waals surface area contributed by atoms with Gasteiger partial charge < -0.3 is 0 Å². The van der Waals surface area contributed by atoms with Gasteiger partial charge in [-0.1, -0.05) is 549 Å². The van der Waals surface area contributed by atoms with Crippen LogP contribution in [0.3, 0.4) is 0 Å². The third kappa shape index (κ3) is 38.3. The van der Waals surface area contributed by atoms with Gasteiger partial charge in [-0.15, -0.1) is 24.1 Å². The first-order valence-corrected chi connectivity index (χ1v) is 50.9. The molecule has 0 radical (unpaired) electrons. The summed E-state index contributed by atoms with van der Waals surface area (Å²) in [5, 5.41) is 0. The molecular weight excluding hydrogens is 1200 g/mol. The number of hydrogen-bond acceptors (Lipinski definition) is 0. The van der Waals surface area contributed by atoms with Gasteiger partial charge in [-0.3, -0.25) is 0 Å². The van der Waals surface area contributed by atoms with Gasteiger partial charge in [0, 0.05) is 0 Å². The normalized spacial score (nSPS) is 22.0. The van der Waals surface area contributed by atoms with Crippen molar-refractivity contribution in [2.24, 2.45) is 0 Å². The Kier molecular flexibility index (Phi) is 52.1. The van der Waals surface area contributed by atoms with Gasteiger partial charge in [0.25, 0.3) is 0 Å². The zero-order valence-corrected chi connectivity index (χ0v) is 70.6. The van der Waals surface area contributed by atoms with E-state index < -0.39 is 8.07 Å². The highest BCUT2D eigenvalue weighted by Gasteiger charge is 2.38. The molecule has 0 saturated heterocycles.